The molecule has 0 fully saturated rings. The van der Waals surface area contributed by atoms with Crippen LogP contribution in [-0.4, -0.2) is 27.6 Å². The van der Waals surface area contributed by atoms with E-state index >= 15 is 0 Å². The van der Waals surface area contributed by atoms with Gasteiger partial charge in [-0.15, -0.1) is 11.3 Å². The summed E-state index contributed by atoms with van der Waals surface area (Å²) in [5, 5.41) is 13.3. The third-order valence-corrected chi connectivity index (χ3v) is 6.59. The molecule has 7 nitrogen and oxygen atoms in total. The molecule has 31 heavy (non-hydrogen) atoms. The van der Waals surface area contributed by atoms with Crippen molar-refractivity contribution in [1.82, 2.24) is 14.8 Å². The van der Waals surface area contributed by atoms with E-state index in [1.165, 1.54) is 10.9 Å². The van der Waals surface area contributed by atoms with Crippen LogP contribution in [0.2, 0.25) is 0 Å². The highest BCUT2D eigenvalue weighted by Gasteiger charge is 2.26. The molecular weight excluding hydrogens is 410 g/mol. The van der Waals surface area contributed by atoms with E-state index in [4.69, 9.17) is 20.9 Å². The van der Waals surface area contributed by atoms with E-state index in [0.29, 0.717) is 25.1 Å². The Labute approximate surface area is 184 Å². The summed E-state index contributed by atoms with van der Waals surface area (Å²) in [5.74, 6) is 0.990. The van der Waals surface area contributed by atoms with Crippen molar-refractivity contribution in [3.63, 3.8) is 0 Å². The summed E-state index contributed by atoms with van der Waals surface area (Å²) in [6, 6.07) is 7.67. The highest BCUT2D eigenvalue weighted by Crippen LogP contribution is 2.40. The van der Waals surface area contributed by atoms with Gasteiger partial charge in [-0.25, -0.2) is 9.67 Å². The molecule has 0 spiro atoms. The fourth-order valence-electron chi connectivity index (χ4n) is 3.84. The second kappa shape index (κ2) is 8.85. The van der Waals surface area contributed by atoms with Crippen molar-refractivity contribution in [2.45, 2.75) is 38.6 Å². The third kappa shape index (κ3) is 4.29. The number of nitrogens with two attached hydrogens (primary N) is 1. The average molecular weight is 436 g/mol. The zero-order valence-corrected chi connectivity index (χ0v) is 18.4. The van der Waals surface area contributed by atoms with Crippen LogP contribution in [0.3, 0.4) is 0 Å². The maximum absolute atomic E-state index is 13.3. The van der Waals surface area contributed by atoms with Crippen molar-refractivity contribution >= 4 is 17.0 Å². The van der Waals surface area contributed by atoms with Crippen molar-refractivity contribution in [3.8, 4) is 16.2 Å². The average Bonchev–Trinajstić information content (AvgIpc) is 3.12. The molecule has 1 atom stereocenters. The third-order valence-electron chi connectivity index (χ3n) is 5.49. The van der Waals surface area contributed by atoms with Crippen molar-refractivity contribution in [1.29, 1.82) is 5.41 Å². The monoisotopic (exact) mass is 435 g/mol. The lowest BCUT2D eigenvalue weighted by molar-refractivity contribution is 0.414. The van der Waals surface area contributed by atoms with Gasteiger partial charge in [-0.05, 0) is 42.8 Å². The maximum atomic E-state index is 13.3. The van der Waals surface area contributed by atoms with Crippen LogP contribution in [-0.2, 0) is 19.4 Å². The Morgan fingerprint density at radius 3 is 3.06 bits per heavy atom. The van der Waals surface area contributed by atoms with Gasteiger partial charge < -0.3 is 15.9 Å². The molecule has 0 amide bonds. The van der Waals surface area contributed by atoms with E-state index in [1.807, 2.05) is 24.3 Å². The number of benzene rings is 1. The van der Waals surface area contributed by atoms with Crippen LogP contribution >= 0.6 is 11.3 Å². The molecule has 3 aromatic rings. The highest BCUT2D eigenvalue weighted by molar-refractivity contribution is 7.15. The van der Waals surface area contributed by atoms with Gasteiger partial charge >= 0.3 is 0 Å². The van der Waals surface area contributed by atoms with Crippen LogP contribution in [0, 0.1) is 5.41 Å². The van der Waals surface area contributed by atoms with Crippen molar-refractivity contribution in [3.05, 3.63) is 74.9 Å². The fraction of sp³-hybridized carbons (Fsp3) is 0.304. The Bertz CT molecular complexity index is 1210. The van der Waals surface area contributed by atoms with Gasteiger partial charge in [-0.2, -0.15) is 5.10 Å². The van der Waals surface area contributed by atoms with Gasteiger partial charge in [0.1, 0.15) is 5.75 Å². The summed E-state index contributed by atoms with van der Waals surface area (Å²) in [6.07, 6.45) is 6.70. The normalized spacial score (nSPS) is 15.4. The number of ether oxygens (including phenoxy) is 1. The minimum absolute atomic E-state index is 0.0610. The van der Waals surface area contributed by atoms with Gasteiger partial charge in [-0.3, -0.25) is 4.79 Å². The van der Waals surface area contributed by atoms with E-state index in [2.05, 4.69) is 12.0 Å². The van der Waals surface area contributed by atoms with Crippen molar-refractivity contribution in [2.75, 3.05) is 7.11 Å². The Morgan fingerprint density at radius 2 is 2.29 bits per heavy atom. The molecule has 1 aliphatic carbocycles. The highest BCUT2D eigenvalue weighted by atomic mass is 32.1. The minimum Gasteiger partial charge on any atom is -0.497 e. The molecule has 3 N–H and O–H groups in total. The van der Waals surface area contributed by atoms with Gasteiger partial charge in [0.25, 0.3) is 5.56 Å². The number of nitrogens with one attached hydrogen (secondary N) is 1. The molecule has 0 saturated carbocycles. The summed E-state index contributed by atoms with van der Waals surface area (Å²) in [7, 11) is 1.63. The lowest BCUT2D eigenvalue weighted by Gasteiger charge is -2.10. The molecule has 2 aromatic heterocycles. The van der Waals surface area contributed by atoms with Crippen molar-refractivity contribution < 1.29 is 4.74 Å². The zero-order chi connectivity index (χ0) is 22.0. The number of hydrogen-bond donors (Lipinski definition) is 2. The fourth-order valence-corrected chi connectivity index (χ4v) is 5.08. The predicted octanol–water partition coefficient (Wildman–Crippen LogP) is 3.51. The first kappa shape index (κ1) is 21.0. The Kier molecular flexibility index (Phi) is 5.99. The number of hydrogen-bond acceptors (Lipinski definition) is 7. The van der Waals surface area contributed by atoms with Crippen LogP contribution in [0.25, 0.3) is 10.4 Å². The number of rotatable bonds is 6. The molecular formula is C23H25N5O2S. The molecule has 0 bridgehead atoms. The molecule has 1 aliphatic rings. The number of aromatic nitrogens is 3. The quantitative estimate of drug-likeness (QED) is 0.576. The number of allylic oxidation sites excluding steroid dienone is 1. The molecule has 160 valence electrons. The van der Waals surface area contributed by atoms with Crippen LogP contribution in [0.4, 0.5) is 0 Å². The Morgan fingerprint density at radius 1 is 1.45 bits per heavy atom. The summed E-state index contributed by atoms with van der Waals surface area (Å²) in [4.78, 5) is 19.1. The summed E-state index contributed by atoms with van der Waals surface area (Å²) in [5.41, 5.74) is 9.36. The van der Waals surface area contributed by atoms with E-state index in [1.54, 1.807) is 30.7 Å². The van der Waals surface area contributed by atoms with Crippen LogP contribution in [0.15, 0.2) is 47.5 Å². The van der Waals surface area contributed by atoms with Crippen LogP contribution in [0.1, 0.15) is 41.1 Å². The summed E-state index contributed by atoms with van der Waals surface area (Å²) in [6.45, 7) is 2.53. The van der Waals surface area contributed by atoms with Crippen LogP contribution < -0.4 is 16.0 Å². The second-order valence-corrected chi connectivity index (χ2v) is 8.76. The van der Waals surface area contributed by atoms with Crippen LogP contribution in [0.5, 0.6) is 5.75 Å². The first-order valence-corrected chi connectivity index (χ1v) is 11.0. The van der Waals surface area contributed by atoms with Gasteiger partial charge in [-0.1, -0.05) is 19.1 Å². The molecule has 1 unspecified atom stereocenters. The largest absolute Gasteiger partial charge is 0.497 e. The first-order valence-electron chi connectivity index (χ1n) is 10.2. The second-order valence-electron chi connectivity index (χ2n) is 7.67. The van der Waals surface area contributed by atoms with E-state index < -0.39 is 0 Å². The molecule has 0 aliphatic heterocycles. The van der Waals surface area contributed by atoms with E-state index in [-0.39, 0.29) is 11.5 Å². The van der Waals surface area contributed by atoms with Gasteiger partial charge in [0, 0.05) is 29.2 Å². The summed E-state index contributed by atoms with van der Waals surface area (Å²) < 4.78 is 6.81. The molecule has 0 radical (unpaired) electrons. The molecule has 8 heteroatoms. The zero-order valence-electron chi connectivity index (χ0n) is 17.6. The van der Waals surface area contributed by atoms with E-state index in [9.17, 15) is 4.79 Å². The Balaban J connectivity index is 1.71. The number of thiazole rings is 1. The lowest BCUT2D eigenvalue weighted by atomic mass is 10.0. The number of fused-ring (bicyclic) bond motifs is 3. The maximum Gasteiger partial charge on any atom is 0.270 e. The van der Waals surface area contributed by atoms with Crippen molar-refractivity contribution in [2.24, 2.45) is 5.73 Å². The predicted molar refractivity (Wildman–Crippen MR) is 123 cm³/mol. The molecule has 4 rings (SSSR count). The molecule has 1 aromatic carbocycles. The first-order chi connectivity index (χ1) is 15.0. The topological polar surface area (TPSA) is 107 Å². The SMILES string of the molecule is COc1cccc(Cn2ncc3c(c2=O)CCC(C)c2nc(CC(=N)/C=C\N)sc2-3)c1. The van der Waals surface area contributed by atoms with Gasteiger partial charge in [0.05, 0.1) is 35.4 Å². The Hall–Kier alpha value is -3.26. The molecule has 2 heterocycles. The summed E-state index contributed by atoms with van der Waals surface area (Å²) >= 11 is 1.54. The minimum atomic E-state index is -0.0610. The number of nitrogens with zero attached hydrogens (tertiary/aromatic N) is 3. The van der Waals surface area contributed by atoms with E-state index in [0.717, 1.165) is 44.4 Å². The van der Waals surface area contributed by atoms with Gasteiger partial charge in [0.15, 0.2) is 0 Å². The van der Waals surface area contributed by atoms with Gasteiger partial charge in [0.2, 0.25) is 0 Å². The molecule has 0 saturated heterocycles. The number of methoxy groups -OCH3 is 1. The lowest BCUT2D eigenvalue weighted by Crippen LogP contribution is -2.27. The standard InChI is InChI=1S/C23H25N5O2S/c1-14-6-7-18-19(22-21(14)27-20(31-22)11-16(25)8-9-24)12-26-28(23(18)29)13-15-4-3-5-17(10-15)30-2/h3-5,8-10,12,14,25H,6-7,11,13,24H2,1-2H3/b9-8-,25-16?. The smallest absolute Gasteiger partial charge is 0.270 e.